The fraction of sp³-hybridized carbons (Fsp3) is 0.154. The molecule has 0 aliphatic carbocycles. The summed E-state index contributed by atoms with van der Waals surface area (Å²) in [6.45, 7) is 0. The van der Waals surface area contributed by atoms with E-state index >= 15 is 0 Å². The number of rotatable bonds is 3. The van der Waals surface area contributed by atoms with Gasteiger partial charge in [-0.15, -0.1) is 0 Å². The largest absolute Gasteiger partial charge is 0.309 e. The van der Waals surface area contributed by atoms with Gasteiger partial charge in [-0.3, -0.25) is 4.98 Å². The van der Waals surface area contributed by atoms with Crippen molar-refractivity contribution >= 4 is 23.2 Å². The normalized spacial score (nSPS) is 12.4. The van der Waals surface area contributed by atoms with Crippen molar-refractivity contribution in [1.82, 2.24) is 10.3 Å². The van der Waals surface area contributed by atoms with E-state index in [1.165, 1.54) is 6.20 Å². The molecule has 2 aromatic rings. The second kappa shape index (κ2) is 5.65. The van der Waals surface area contributed by atoms with E-state index in [1.54, 1.807) is 37.5 Å². The minimum Gasteiger partial charge on any atom is -0.309 e. The molecule has 5 heteroatoms. The molecule has 1 aromatic heterocycles. The smallest absolute Gasteiger partial charge is 0.146 e. The highest BCUT2D eigenvalue weighted by molar-refractivity contribution is 6.35. The van der Waals surface area contributed by atoms with E-state index in [9.17, 15) is 4.39 Å². The first-order valence-electron chi connectivity index (χ1n) is 5.35. The van der Waals surface area contributed by atoms with Gasteiger partial charge in [-0.1, -0.05) is 29.3 Å². The summed E-state index contributed by atoms with van der Waals surface area (Å²) in [6.07, 6.45) is 2.73. The third kappa shape index (κ3) is 2.64. The average molecular weight is 285 g/mol. The van der Waals surface area contributed by atoms with Gasteiger partial charge in [0.25, 0.3) is 0 Å². The van der Waals surface area contributed by atoms with Crippen LogP contribution in [0.25, 0.3) is 0 Å². The monoisotopic (exact) mass is 284 g/mol. The van der Waals surface area contributed by atoms with Gasteiger partial charge >= 0.3 is 0 Å². The highest BCUT2D eigenvalue weighted by atomic mass is 35.5. The molecule has 0 amide bonds. The molecular formula is C13H11Cl2FN2. The number of hydrogen-bond donors (Lipinski definition) is 1. The van der Waals surface area contributed by atoms with E-state index in [1.807, 2.05) is 0 Å². The summed E-state index contributed by atoms with van der Waals surface area (Å²) < 4.78 is 13.8. The first kappa shape index (κ1) is 13.3. The van der Waals surface area contributed by atoms with Crippen LogP contribution in [0.1, 0.15) is 17.2 Å². The zero-order valence-electron chi connectivity index (χ0n) is 9.62. The van der Waals surface area contributed by atoms with Crippen molar-refractivity contribution in [2.24, 2.45) is 0 Å². The first-order chi connectivity index (χ1) is 8.63. The first-order valence-corrected chi connectivity index (χ1v) is 6.10. The second-order valence-electron chi connectivity index (χ2n) is 3.78. The van der Waals surface area contributed by atoms with Crippen LogP contribution in [0.4, 0.5) is 4.39 Å². The standard InChI is InChI=1S/C13H11Cl2FN2/c1-17-13(10-4-5-18-7-12(10)16)9-3-2-8(14)6-11(9)15/h2-7,13,17H,1H3. The molecule has 0 fully saturated rings. The molecule has 0 bridgehead atoms. The lowest BCUT2D eigenvalue weighted by Crippen LogP contribution is -2.19. The van der Waals surface area contributed by atoms with Crippen LogP contribution in [0.2, 0.25) is 10.0 Å². The molecule has 0 saturated heterocycles. The summed E-state index contributed by atoms with van der Waals surface area (Å²) in [5.41, 5.74) is 1.27. The number of pyridine rings is 1. The van der Waals surface area contributed by atoms with Gasteiger partial charge in [0.2, 0.25) is 0 Å². The summed E-state index contributed by atoms with van der Waals surface area (Å²) in [6, 6.07) is 6.44. The zero-order valence-corrected chi connectivity index (χ0v) is 11.1. The summed E-state index contributed by atoms with van der Waals surface area (Å²) in [4.78, 5) is 3.73. The van der Waals surface area contributed by atoms with Gasteiger partial charge in [0.1, 0.15) is 5.82 Å². The molecular weight excluding hydrogens is 274 g/mol. The highest BCUT2D eigenvalue weighted by Crippen LogP contribution is 2.31. The van der Waals surface area contributed by atoms with Gasteiger partial charge in [0.05, 0.1) is 12.2 Å². The topological polar surface area (TPSA) is 24.9 Å². The van der Waals surface area contributed by atoms with Crippen LogP contribution in [-0.2, 0) is 0 Å². The van der Waals surface area contributed by atoms with E-state index in [0.717, 1.165) is 5.56 Å². The summed E-state index contributed by atoms with van der Waals surface area (Å²) in [5.74, 6) is -0.372. The number of nitrogens with one attached hydrogen (secondary N) is 1. The Morgan fingerprint density at radius 2 is 2.00 bits per heavy atom. The van der Waals surface area contributed by atoms with Crippen LogP contribution in [0.5, 0.6) is 0 Å². The van der Waals surface area contributed by atoms with Crippen molar-refractivity contribution < 1.29 is 4.39 Å². The van der Waals surface area contributed by atoms with Crippen LogP contribution >= 0.6 is 23.2 Å². The predicted molar refractivity (Wildman–Crippen MR) is 71.6 cm³/mol. The average Bonchev–Trinajstić information content (AvgIpc) is 2.34. The molecule has 2 rings (SSSR count). The van der Waals surface area contributed by atoms with E-state index < -0.39 is 0 Å². The maximum Gasteiger partial charge on any atom is 0.146 e. The van der Waals surface area contributed by atoms with Crippen LogP contribution in [0.15, 0.2) is 36.7 Å². The third-order valence-corrected chi connectivity index (χ3v) is 3.24. The fourth-order valence-electron chi connectivity index (χ4n) is 1.83. The number of hydrogen-bond acceptors (Lipinski definition) is 2. The molecule has 1 heterocycles. The lowest BCUT2D eigenvalue weighted by atomic mass is 9.99. The van der Waals surface area contributed by atoms with Crippen molar-refractivity contribution in [2.75, 3.05) is 7.05 Å². The maximum atomic E-state index is 13.8. The van der Waals surface area contributed by atoms with Gasteiger partial charge in [-0.2, -0.15) is 0 Å². The molecule has 1 N–H and O–H groups in total. The van der Waals surface area contributed by atoms with Gasteiger partial charge in [0.15, 0.2) is 0 Å². The van der Waals surface area contributed by atoms with Crippen LogP contribution in [-0.4, -0.2) is 12.0 Å². The predicted octanol–water partition coefficient (Wildman–Crippen LogP) is 3.84. The van der Waals surface area contributed by atoms with Crippen molar-refractivity contribution in [3.8, 4) is 0 Å². The Hall–Kier alpha value is -1.16. The van der Waals surface area contributed by atoms with Gasteiger partial charge in [-0.05, 0) is 30.8 Å². The van der Waals surface area contributed by atoms with Gasteiger partial charge < -0.3 is 5.32 Å². The highest BCUT2D eigenvalue weighted by Gasteiger charge is 2.18. The lowest BCUT2D eigenvalue weighted by molar-refractivity contribution is 0.571. The molecule has 0 spiro atoms. The number of aromatic nitrogens is 1. The van der Waals surface area contributed by atoms with Crippen molar-refractivity contribution in [1.29, 1.82) is 0 Å². The molecule has 0 radical (unpaired) electrons. The number of benzene rings is 1. The molecule has 1 aromatic carbocycles. The molecule has 1 atom stereocenters. The summed E-state index contributed by atoms with van der Waals surface area (Å²) >= 11 is 12.0. The molecule has 2 nitrogen and oxygen atoms in total. The Labute approximate surface area is 115 Å². The third-order valence-electron chi connectivity index (χ3n) is 2.68. The Bertz CT molecular complexity index is 560. The zero-order chi connectivity index (χ0) is 13.1. The second-order valence-corrected chi connectivity index (χ2v) is 4.63. The SMILES string of the molecule is CNC(c1ccncc1F)c1ccc(Cl)cc1Cl. The Kier molecular flexibility index (Phi) is 4.17. The van der Waals surface area contributed by atoms with Crippen LogP contribution in [0, 0.1) is 5.82 Å². The Morgan fingerprint density at radius 3 is 2.61 bits per heavy atom. The fourth-order valence-corrected chi connectivity index (χ4v) is 2.35. The summed E-state index contributed by atoms with van der Waals surface area (Å²) in [5, 5.41) is 4.09. The van der Waals surface area contributed by atoms with Crippen molar-refractivity contribution in [3.63, 3.8) is 0 Å². The van der Waals surface area contributed by atoms with E-state index in [4.69, 9.17) is 23.2 Å². The molecule has 18 heavy (non-hydrogen) atoms. The molecule has 0 aliphatic rings. The van der Waals surface area contributed by atoms with Gasteiger partial charge in [0, 0.05) is 21.8 Å². The lowest BCUT2D eigenvalue weighted by Gasteiger charge is -2.19. The van der Waals surface area contributed by atoms with E-state index in [-0.39, 0.29) is 11.9 Å². The molecule has 94 valence electrons. The maximum absolute atomic E-state index is 13.8. The van der Waals surface area contributed by atoms with E-state index in [0.29, 0.717) is 15.6 Å². The van der Waals surface area contributed by atoms with Crippen molar-refractivity contribution in [2.45, 2.75) is 6.04 Å². The Balaban J connectivity index is 2.49. The minimum absolute atomic E-state index is 0.335. The van der Waals surface area contributed by atoms with Crippen LogP contribution in [0.3, 0.4) is 0 Å². The Morgan fingerprint density at radius 1 is 1.22 bits per heavy atom. The summed E-state index contributed by atoms with van der Waals surface area (Å²) in [7, 11) is 1.75. The van der Waals surface area contributed by atoms with Gasteiger partial charge in [-0.25, -0.2) is 4.39 Å². The minimum atomic E-state index is -0.372. The molecule has 0 saturated carbocycles. The quantitative estimate of drug-likeness (QED) is 0.926. The van der Waals surface area contributed by atoms with Crippen molar-refractivity contribution in [3.05, 3.63) is 63.6 Å². The molecule has 1 unspecified atom stereocenters. The molecule has 0 aliphatic heterocycles. The van der Waals surface area contributed by atoms with Crippen LogP contribution < -0.4 is 5.32 Å². The number of halogens is 3. The number of nitrogens with zero attached hydrogens (tertiary/aromatic N) is 1. The van der Waals surface area contributed by atoms with E-state index in [2.05, 4.69) is 10.3 Å².